The van der Waals surface area contributed by atoms with Gasteiger partial charge >= 0.3 is 0 Å². The van der Waals surface area contributed by atoms with Crippen LogP contribution in [-0.2, 0) is 4.79 Å². The first-order valence-electron chi connectivity index (χ1n) is 11.0. The van der Waals surface area contributed by atoms with Gasteiger partial charge in [-0.15, -0.1) is 11.3 Å². The van der Waals surface area contributed by atoms with E-state index in [0.717, 1.165) is 47.4 Å². The molecule has 1 aliphatic carbocycles. The van der Waals surface area contributed by atoms with Gasteiger partial charge in [-0.2, -0.15) is 0 Å². The van der Waals surface area contributed by atoms with Crippen molar-refractivity contribution in [1.29, 1.82) is 0 Å². The van der Waals surface area contributed by atoms with Crippen molar-refractivity contribution in [1.82, 2.24) is 4.90 Å². The second kappa shape index (κ2) is 8.31. The van der Waals surface area contributed by atoms with E-state index in [0.29, 0.717) is 5.56 Å². The molecule has 158 valence electrons. The van der Waals surface area contributed by atoms with Crippen molar-refractivity contribution in [3.63, 3.8) is 0 Å². The maximum absolute atomic E-state index is 13.7. The highest BCUT2D eigenvalue weighted by Crippen LogP contribution is 2.47. The van der Waals surface area contributed by atoms with Crippen LogP contribution in [0.1, 0.15) is 64.0 Å². The Morgan fingerprint density at radius 1 is 1.00 bits per heavy atom. The van der Waals surface area contributed by atoms with Gasteiger partial charge in [0.25, 0.3) is 5.91 Å². The van der Waals surface area contributed by atoms with Gasteiger partial charge in [-0.3, -0.25) is 9.59 Å². The molecule has 31 heavy (non-hydrogen) atoms. The van der Waals surface area contributed by atoms with E-state index in [1.165, 1.54) is 0 Å². The molecule has 1 fully saturated rings. The summed E-state index contributed by atoms with van der Waals surface area (Å²) in [6, 6.07) is 19.5. The van der Waals surface area contributed by atoms with Crippen molar-refractivity contribution >= 4 is 28.8 Å². The number of rotatable bonds is 4. The van der Waals surface area contributed by atoms with Crippen molar-refractivity contribution in [3.8, 4) is 0 Å². The molecule has 5 rings (SSSR count). The highest BCUT2D eigenvalue weighted by Gasteiger charge is 2.47. The molecule has 0 radical (unpaired) electrons. The number of nitrogens with one attached hydrogen (secondary N) is 1. The third-order valence-electron chi connectivity index (χ3n) is 6.53. The highest BCUT2D eigenvalue weighted by molar-refractivity contribution is 7.10. The normalized spacial score (nSPS) is 21.2. The minimum absolute atomic E-state index is 0.0558. The summed E-state index contributed by atoms with van der Waals surface area (Å²) in [5, 5.41) is 5.16. The molecule has 1 aliphatic heterocycles. The van der Waals surface area contributed by atoms with E-state index in [4.69, 9.17) is 0 Å². The predicted molar refractivity (Wildman–Crippen MR) is 124 cm³/mol. The molecular formula is C26H26N2O2S. The van der Waals surface area contributed by atoms with Gasteiger partial charge in [-0.25, -0.2) is 0 Å². The van der Waals surface area contributed by atoms with Crippen molar-refractivity contribution < 1.29 is 9.59 Å². The second-order valence-electron chi connectivity index (χ2n) is 8.53. The molecular weight excluding hydrogens is 404 g/mol. The van der Waals surface area contributed by atoms with Crippen LogP contribution in [0.5, 0.6) is 0 Å². The Morgan fingerprint density at radius 2 is 1.74 bits per heavy atom. The fraction of sp³-hybridized carbons (Fsp3) is 0.308. The molecule has 0 spiro atoms. The van der Waals surface area contributed by atoms with Gasteiger partial charge < -0.3 is 10.2 Å². The van der Waals surface area contributed by atoms with Gasteiger partial charge in [0.2, 0.25) is 5.91 Å². The van der Waals surface area contributed by atoms with Crippen LogP contribution >= 0.6 is 11.3 Å². The van der Waals surface area contributed by atoms with Gasteiger partial charge in [-0.1, -0.05) is 54.8 Å². The predicted octanol–water partition coefficient (Wildman–Crippen LogP) is 5.92. The van der Waals surface area contributed by atoms with Crippen molar-refractivity contribution in [3.05, 3.63) is 87.6 Å². The van der Waals surface area contributed by atoms with E-state index in [-0.39, 0.29) is 23.9 Å². The Labute approximate surface area is 186 Å². The fourth-order valence-corrected chi connectivity index (χ4v) is 5.90. The number of nitrogens with zero attached hydrogens (tertiary/aromatic N) is 1. The molecule has 2 heterocycles. The summed E-state index contributed by atoms with van der Waals surface area (Å²) in [7, 11) is 0. The Morgan fingerprint density at radius 3 is 2.45 bits per heavy atom. The van der Waals surface area contributed by atoms with Crippen LogP contribution in [0.25, 0.3) is 0 Å². The monoisotopic (exact) mass is 430 g/mol. The zero-order chi connectivity index (χ0) is 21.4. The molecule has 0 bridgehead atoms. The zero-order valence-corrected chi connectivity index (χ0v) is 18.4. The lowest BCUT2D eigenvalue weighted by molar-refractivity contribution is -0.119. The summed E-state index contributed by atoms with van der Waals surface area (Å²) >= 11 is 1.62. The first kappa shape index (κ1) is 20.0. The Bertz CT molecular complexity index is 1080. The lowest BCUT2D eigenvalue weighted by Crippen LogP contribution is -2.49. The topological polar surface area (TPSA) is 49.4 Å². The van der Waals surface area contributed by atoms with Crippen molar-refractivity contribution in [2.24, 2.45) is 0 Å². The van der Waals surface area contributed by atoms with Crippen LogP contribution in [0, 0.1) is 6.92 Å². The van der Waals surface area contributed by atoms with Gasteiger partial charge in [0.15, 0.2) is 0 Å². The number of benzene rings is 2. The Hall–Kier alpha value is -2.92. The molecule has 0 unspecified atom stereocenters. The lowest BCUT2D eigenvalue weighted by Gasteiger charge is -2.44. The number of carbonyl (C=O) groups excluding carboxylic acids is 2. The van der Waals surface area contributed by atoms with E-state index in [9.17, 15) is 9.59 Å². The summed E-state index contributed by atoms with van der Waals surface area (Å²) in [5.41, 5.74) is 3.41. The fourth-order valence-electron chi connectivity index (χ4n) is 5.04. The Balaban J connectivity index is 1.61. The molecule has 1 N–H and O–H groups in total. The summed E-state index contributed by atoms with van der Waals surface area (Å²) < 4.78 is 0. The van der Waals surface area contributed by atoms with E-state index >= 15 is 0 Å². The molecule has 3 aromatic rings. The third-order valence-corrected chi connectivity index (χ3v) is 7.47. The summed E-state index contributed by atoms with van der Waals surface area (Å²) in [6.07, 6.45) is 4.27. The second-order valence-corrected chi connectivity index (χ2v) is 9.51. The number of aryl methyl sites for hydroxylation is 1. The first-order chi connectivity index (χ1) is 15.1. The van der Waals surface area contributed by atoms with Crippen LogP contribution < -0.4 is 5.32 Å². The number of amides is 2. The van der Waals surface area contributed by atoms with E-state index < -0.39 is 5.92 Å². The third kappa shape index (κ3) is 3.68. The van der Waals surface area contributed by atoms with Gasteiger partial charge in [-0.05, 0) is 55.0 Å². The van der Waals surface area contributed by atoms with Crippen LogP contribution in [0.15, 0.2) is 66.0 Å². The largest absolute Gasteiger partial charge is 0.327 e. The molecule has 1 aromatic heterocycles. The standard InChI is InChI=1S/C26H26N2O2S/c1-17-12-14-18(15-13-17)27-25(29)23-20-9-4-5-10-21(20)26(30)28(19-7-2-3-8-19)24(23)22-11-6-16-31-22/h4-6,9-16,19,23-24H,2-3,7-8H2,1H3,(H,27,29)/t23-,24-/m1/s1. The Kier molecular flexibility index (Phi) is 5.36. The van der Waals surface area contributed by atoms with Crippen molar-refractivity contribution in [2.45, 2.75) is 50.6 Å². The number of hydrogen-bond acceptors (Lipinski definition) is 3. The average molecular weight is 431 g/mol. The molecule has 2 aromatic carbocycles. The average Bonchev–Trinajstić information content (AvgIpc) is 3.49. The van der Waals surface area contributed by atoms with Crippen LogP contribution in [0.2, 0.25) is 0 Å². The highest BCUT2D eigenvalue weighted by atomic mass is 32.1. The van der Waals surface area contributed by atoms with Gasteiger partial charge in [0.05, 0.1) is 12.0 Å². The quantitative estimate of drug-likeness (QED) is 0.559. The number of hydrogen-bond donors (Lipinski definition) is 1. The lowest BCUT2D eigenvalue weighted by atomic mass is 9.80. The van der Waals surface area contributed by atoms with Crippen LogP contribution in [-0.4, -0.2) is 22.8 Å². The van der Waals surface area contributed by atoms with E-state index in [1.54, 1.807) is 11.3 Å². The summed E-state index contributed by atoms with van der Waals surface area (Å²) in [4.78, 5) is 30.5. The molecule has 5 heteroatoms. The molecule has 1 saturated carbocycles. The number of thiophene rings is 1. The number of fused-ring (bicyclic) bond motifs is 1. The molecule has 2 aliphatic rings. The number of anilines is 1. The smallest absolute Gasteiger partial charge is 0.254 e. The van der Waals surface area contributed by atoms with Gasteiger partial charge in [0.1, 0.15) is 0 Å². The molecule has 4 nitrogen and oxygen atoms in total. The number of carbonyl (C=O) groups is 2. The maximum atomic E-state index is 13.7. The van der Waals surface area contributed by atoms with Crippen molar-refractivity contribution in [2.75, 3.05) is 5.32 Å². The molecule has 0 saturated heterocycles. The SMILES string of the molecule is Cc1ccc(NC(=O)[C@@H]2c3ccccc3C(=O)N(C3CCCC3)[C@@H]2c2cccs2)cc1. The molecule has 2 atom stereocenters. The molecule has 2 amide bonds. The van der Waals surface area contributed by atoms with Crippen LogP contribution in [0.4, 0.5) is 5.69 Å². The van der Waals surface area contributed by atoms with Crippen LogP contribution in [0.3, 0.4) is 0 Å². The summed E-state index contributed by atoms with van der Waals surface area (Å²) in [5.74, 6) is -0.458. The first-order valence-corrected chi connectivity index (χ1v) is 11.8. The van der Waals surface area contributed by atoms with E-state index in [1.807, 2.05) is 71.8 Å². The minimum atomic E-state index is -0.450. The zero-order valence-electron chi connectivity index (χ0n) is 17.6. The maximum Gasteiger partial charge on any atom is 0.254 e. The van der Waals surface area contributed by atoms with Gasteiger partial charge in [0, 0.05) is 22.2 Å². The van der Waals surface area contributed by atoms with E-state index in [2.05, 4.69) is 11.4 Å². The minimum Gasteiger partial charge on any atom is -0.327 e. The summed E-state index contributed by atoms with van der Waals surface area (Å²) in [6.45, 7) is 2.03.